The van der Waals surface area contributed by atoms with Crippen LogP contribution in [0.25, 0.3) is 11.0 Å². The average molecular weight is 401 g/mol. The number of hydrogen-bond acceptors (Lipinski definition) is 5. The standard InChI is InChI=1S/C17H22F3N5O3/c18-17(19,20)15(26)21-11-7-3-1-2-4-8-12-22-16-23-25(28)14-10-6-5-9-13(14)24(16)27/h5-6,9-10H,1-4,7-8,11-12H2,(H,21,26)(H,22,23). The number of carbonyl (C=O) groups is 1. The summed E-state index contributed by atoms with van der Waals surface area (Å²) < 4.78 is 36.5. The molecule has 0 aliphatic carbocycles. The summed E-state index contributed by atoms with van der Waals surface area (Å²) >= 11 is 0. The SMILES string of the molecule is O=C(NCCCCCCCCNc1n[n+]([O-])c2ccccc2[n+]1[O-])C(F)(F)F. The molecule has 1 aromatic carbocycles. The Labute approximate surface area is 159 Å². The van der Waals surface area contributed by atoms with Gasteiger partial charge in [0, 0.05) is 17.5 Å². The molecule has 2 N–H and O–H groups in total. The van der Waals surface area contributed by atoms with Crippen LogP contribution in [0, 0.1) is 10.4 Å². The van der Waals surface area contributed by atoms with Gasteiger partial charge in [-0.15, -0.1) is 0 Å². The molecule has 2 aromatic rings. The van der Waals surface area contributed by atoms with Crippen LogP contribution in [0.5, 0.6) is 0 Å². The Balaban J connectivity index is 1.60. The first-order valence-corrected chi connectivity index (χ1v) is 9.02. The van der Waals surface area contributed by atoms with E-state index < -0.39 is 12.1 Å². The minimum absolute atomic E-state index is 0.00618. The molecule has 1 amide bonds. The molecule has 0 atom stereocenters. The normalized spacial score (nSPS) is 11.5. The van der Waals surface area contributed by atoms with Crippen LogP contribution in [0.3, 0.4) is 0 Å². The molecule has 8 nitrogen and oxygen atoms in total. The molecule has 11 heteroatoms. The molecule has 0 spiro atoms. The van der Waals surface area contributed by atoms with Gasteiger partial charge in [0.1, 0.15) is 0 Å². The number of fused-ring (bicyclic) bond motifs is 1. The van der Waals surface area contributed by atoms with E-state index >= 15 is 0 Å². The summed E-state index contributed by atoms with van der Waals surface area (Å²) in [6.45, 7) is 0.474. The number of alkyl halides is 3. The summed E-state index contributed by atoms with van der Waals surface area (Å²) in [5.41, 5.74) is 0.419. The number of anilines is 1. The summed E-state index contributed by atoms with van der Waals surface area (Å²) in [6, 6.07) is 6.37. The summed E-state index contributed by atoms with van der Waals surface area (Å²) in [5.74, 6) is -1.97. The molecule has 0 fully saturated rings. The maximum Gasteiger partial charge on any atom is 0.471 e. The van der Waals surface area contributed by atoms with Crippen molar-refractivity contribution in [1.82, 2.24) is 10.4 Å². The van der Waals surface area contributed by atoms with Gasteiger partial charge in [-0.3, -0.25) is 10.1 Å². The van der Waals surface area contributed by atoms with Gasteiger partial charge in [0.15, 0.2) is 5.52 Å². The molecule has 0 radical (unpaired) electrons. The first-order valence-electron chi connectivity index (χ1n) is 9.02. The van der Waals surface area contributed by atoms with E-state index in [0.717, 1.165) is 25.7 Å². The van der Waals surface area contributed by atoms with Gasteiger partial charge in [0.25, 0.3) is 5.52 Å². The van der Waals surface area contributed by atoms with Gasteiger partial charge in [-0.2, -0.15) is 13.2 Å². The second-order valence-corrected chi connectivity index (χ2v) is 6.28. The number of benzene rings is 1. The van der Waals surface area contributed by atoms with Crippen LogP contribution >= 0.6 is 0 Å². The Kier molecular flexibility index (Phi) is 7.59. The number of unbranched alkanes of at least 4 members (excludes halogenated alkanes) is 5. The maximum absolute atomic E-state index is 12.2. The molecule has 0 unspecified atom stereocenters. The molecule has 1 aromatic heterocycles. The number of nitrogens with one attached hydrogen (secondary N) is 2. The molecule has 28 heavy (non-hydrogen) atoms. The summed E-state index contributed by atoms with van der Waals surface area (Å²) in [6.07, 6.45) is -0.323. The van der Waals surface area contributed by atoms with Crippen molar-refractivity contribution in [2.45, 2.75) is 44.7 Å². The summed E-state index contributed by atoms with van der Waals surface area (Å²) in [7, 11) is 0. The first-order chi connectivity index (χ1) is 13.3. The van der Waals surface area contributed by atoms with E-state index in [0.29, 0.717) is 29.0 Å². The van der Waals surface area contributed by atoms with Crippen LogP contribution in [-0.4, -0.2) is 30.3 Å². The van der Waals surface area contributed by atoms with Crippen molar-refractivity contribution < 1.29 is 27.5 Å². The van der Waals surface area contributed by atoms with Crippen molar-refractivity contribution in [3.63, 3.8) is 0 Å². The predicted molar refractivity (Wildman–Crippen MR) is 94.9 cm³/mol. The van der Waals surface area contributed by atoms with E-state index in [9.17, 15) is 28.4 Å². The Morgan fingerprint density at radius 2 is 1.54 bits per heavy atom. The van der Waals surface area contributed by atoms with Gasteiger partial charge in [-0.1, -0.05) is 37.8 Å². The fourth-order valence-electron chi connectivity index (χ4n) is 2.66. The van der Waals surface area contributed by atoms with Gasteiger partial charge < -0.3 is 15.7 Å². The lowest BCUT2D eigenvalue weighted by Gasteiger charge is -2.09. The molecule has 0 saturated heterocycles. The topological polar surface area (TPSA) is 108 Å². The van der Waals surface area contributed by atoms with E-state index in [1.54, 1.807) is 18.2 Å². The minimum atomic E-state index is -4.83. The third kappa shape index (κ3) is 6.10. The highest BCUT2D eigenvalue weighted by Gasteiger charge is 2.38. The summed E-state index contributed by atoms with van der Waals surface area (Å²) in [4.78, 5) is 11.0. The minimum Gasteiger partial charge on any atom is -0.739 e. The number of amides is 1. The van der Waals surface area contributed by atoms with Crippen LogP contribution in [0.15, 0.2) is 24.3 Å². The molecule has 154 valence electrons. The molecule has 0 bridgehead atoms. The molecule has 0 aliphatic rings. The van der Waals surface area contributed by atoms with Gasteiger partial charge in [0.2, 0.25) is 5.10 Å². The average Bonchev–Trinajstić information content (AvgIpc) is 2.66. The Morgan fingerprint density at radius 3 is 2.18 bits per heavy atom. The fraction of sp³-hybridized carbons (Fsp3) is 0.529. The molecule has 0 saturated carbocycles. The van der Waals surface area contributed by atoms with Crippen molar-refractivity contribution >= 4 is 22.9 Å². The van der Waals surface area contributed by atoms with Crippen LogP contribution in [-0.2, 0) is 4.79 Å². The third-order valence-electron chi connectivity index (χ3n) is 4.11. The lowest BCUT2D eigenvalue weighted by Crippen LogP contribution is -2.44. The smallest absolute Gasteiger partial charge is 0.471 e. The highest BCUT2D eigenvalue weighted by molar-refractivity contribution is 5.81. The second-order valence-electron chi connectivity index (χ2n) is 6.28. The number of nitrogens with zero attached hydrogens (tertiary/aromatic N) is 3. The van der Waals surface area contributed by atoms with E-state index in [1.807, 2.05) is 5.32 Å². The van der Waals surface area contributed by atoms with Crippen molar-refractivity contribution in [3.05, 3.63) is 34.7 Å². The van der Waals surface area contributed by atoms with Crippen molar-refractivity contribution in [2.75, 3.05) is 18.4 Å². The number of carbonyl (C=O) groups excluding carboxylic acids is 1. The number of hydrogen-bond donors (Lipinski definition) is 2. The molecular weight excluding hydrogens is 379 g/mol. The number of aromatic nitrogens is 3. The highest BCUT2D eigenvalue weighted by Crippen LogP contribution is 2.14. The summed E-state index contributed by atoms with van der Waals surface area (Å²) in [5, 5.41) is 32.4. The number of para-hydroxylation sites is 2. The largest absolute Gasteiger partial charge is 0.739 e. The van der Waals surface area contributed by atoms with Crippen molar-refractivity contribution in [2.24, 2.45) is 0 Å². The predicted octanol–water partition coefficient (Wildman–Crippen LogP) is 1.93. The van der Waals surface area contributed by atoms with Gasteiger partial charge in [-0.25, -0.2) is 4.73 Å². The van der Waals surface area contributed by atoms with E-state index in [-0.39, 0.29) is 23.5 Å². The van der Waals surface area contributed by atoms with Crippen molar-refractivity contribution in [3.8, 4) is 0 Å². The van der Waals surface area contributed by atoms with E-state index in [4.69, 9.17) is 0 Å². The van der Waals surface area contributed by atoms with E-state index in [1.165, 1.54) is 6.07 Å². The second kappa shape index (κ2) is 9.90. The Morgan fingerprint density at radius 1 is 0.964 bits per heavy atom. The lowest BCUT2D eigenvalue weighted by atomic mass is 10.1. The zero-order valence-electron chi connectivity index (χ0n) is 15.2. The first kappa shape index (κ1) is 21.5. The van der Waals surface area contributed by atoms with Gasteiger partial charge in [-0.05, 0) is 18.9 Å². The monoisotopic (exact) mass is 401 g/mol. The van der Waals surface area contributed by atoms with Crippen LogP contribution in [0.2, 0.25) is 0 Å². The quantitative estimate of drug-likeness (QED) is 0.359. The van der Waals surface area contributed by atoms with Gasteiger partial charge in [0.05, 0.1) is 6.54 Å². The van der Waals surface area contributed by atoms with Gasteiger partial charge >= 0.3 is 18.0 Å². The van der Waals surface area contributed by atoms with Crippen LogP contribution < -0.4 is 20.2 Å². The lowest BCUT2D eigenvalue weighted by molar-refractivity contribution is -0.672. The zero-order valence-corrected chi connectivity index (χ0v) is 15.2. The molecular formula is C17H22F3N5O3. The highest BCUT2D eigenvalue weighted by atomic mass is 19.4. The van der Waals surface area contributed by atoms with Crippen LogP contribution in [0.4, 0.5) is 19.1 Å². The Hall–Kier alpha value is -2.85. The van der Waals surface area contributed by atoms with E-state index in [2.05, 4.69) is 10.4 Å². The number of halogens is 3. The maximum atomic E-state index is 12.2. The molecule has 2 rings (SSSR count). The Bertz CT molecular complexity index is 801. The third-order valence-corrected chi connectivity index (χ3v) is 4.11. The van der Waals surface area contributed by atoms with Crippen molar-refractivity contribution in [1.29, 1.82) is 0 Å². The molecule has 1 heterocycles. The van der Waals surface area contributed by atoms with Crippen LogP contribution in [0.1, 0.15) is 38.5 Å². The fourth-order valence-corrected chi connectivity index (χ4v) is 2.66. The molecule has 0 aliphatic heterocycles. The number of rotatable bonds is 10. The zero-order chi connectivity index (χ0) is 20.6.